The Balaban J connectivity index is 4.52. The summed E-state index contributed by atoms with van der Waals surface area (Å²) in [5, 5.41) is 0. The van der Waals surface area contributed by atoms with Crippen molar-refractivity contribution in [1.29, 1.82) is 0 Å². The lowest BCUT2D eigenvalue weighted by atomic mass is 10.1. The molecule has 6 nitrogen and oxygen atoms in total. The molecule has 0 saturated carbocycles. The van der Waals surface area contributed by atoms with E-state index in [0.717, 1.165) is 109 Å². The lowest BCUT2D eigenvalue weighted by Crippen LogP contribution is -2.30. The van der Waals surface area contributed by atoms with Crippen molar-refractivity contribution in [2.24, 2.45) is 0 Å². The standard InChI is InChI=1S/C65H106O6/c1-4-7-10-13-16-19-22-25-28-30-31-32-33-35-37-40-43-46-49-52-55-58-64(67)70-61-62(60-69-63(66)57-54-51-48-45-42-39-36-27-24-21-18-15-12-9-6-3)71-65(68)59-56-53-50-47-44-41-38-34-29-26-23-20-17-14-11-8-5-2/h9,12,17-18,20-22,25-27,29-31,33,35-36,42,45,51,54,62H,4-8,10-11,13-16,19,23-24,28,32,34,37-41,43-44,46-50,52-53,55-61H2,1-3H3/b12-9-,20-17-,21-18-,25-22-,29-26-,31-30-,35-33-,36-27-,45-42-,54-51-. The first-order valence-corrected chi connectivity index (χ1v) is 29.0. The number of carbonyl (C=O) groups is 3. The van der Waals surface area contributed by atoms with Crippen LogP contribution in [0.3, 0.4) is 0 Å². The Bertz CT molecular complexity index is 1500. The Morgan fingerprint density at radius 1 is 0.310 bits per heavy atom. The number of rotatable bonds is 51. The number of carbonyl (C=O) groups excluding carboxylic acids is 3. The van der Waals surface area contributed by atoms with Crippen LogP contribution in [0.5, 0.6) is 0 Å². The van der Waals surface area contributed by atoms with Gasteiger partial charge in [0.05, 0.1) is 6.42 Å². The highest BCUT2D eigenvalue weighted by Crippen LogP contribution is 2.14. The molecule has 71 heavy (non-hydrogen) atoms. The van der Waals surface area contributed by atoms with Crippen LogP contribution in [0.15, 0.2) is 122 Å². The molecule has 0 saturated heterocycles. The number of unbranched alkanes of at least 4 members (excludes halogenated alkanes) is 21. The lowest BCUT2D eigenvalue weighted by molar-refractivity contribution is -0.166. The minimum absolute atomic E-state index is 0.119. The van der Waals surface area contributed by atoms with Crippen LogP contribution in [-0.2, 0) is 28.6 Å². The van der Waals surface area contributed by atoms with Crippen LogP contribution in [0.1, 0.15) is 252 Å². The fourth-order valence-corrected chi connectivity index (χ4v) is 7.61. The highest BCUT2D eigenvalue weighted by atomic mass is 16.6. The average molecular weight is 984 g/mol. The summed E-state index contributed by atoms with van der Waals surface area (Å²) >= 11 is 0. The van der Waals surface area contributed by atoms with E-state index in [0.29, 0.717) is 12.8 Å². The van der Waals surface area contributed by atoms with Gasteiger partial charge in [-0.2, -0.15) is 0 Å². The molecule has 0 aliphatic carbocycles. The molecule has 0 aromatic carbocycles. The normalized spacial score (nSPS) is 13.0. The summed E-state index contributed by atoms with van der Waals surface area (Å²) in [6.07, 6.45) is 80.7. The number of hydrogen-bond acceptors (Lipinski definition) is 6. The third kappa shape index (κ3) is 56.6. The quantitative estimate of drug-likeness (QED) is 0.0261. The summed E-state index contributed by atoms with van der Waals surface area (Å²) in [4.78, 5) is 38.1. The van der Waals surface area contributed by atoms with Gasteiger partial charge < -0.3 is 14.2 Å². The molecule has 0 heterocycles. The monoisotopic (exact) mass is 983 g/mol. The molecule has 0 rings (SSSR count). The van der Waals surface area contributed by atoms with E-state index >= 15 is 0 Å². The minimum atomic E-state index is -0.832. The van der Waals surface area contributed by atoms with Crippen molar-refractivity contribution in [1.82, 2.24) is 0 Å². The summed E-state index contributed by atoms with van der Waals surface area (Å²) in [5.41, 5.74) is 0. The van der Waals surface area contributed by atoms with E-state index in [1.165, 1.54) is 103 Å². The van der Waals surface area contributed by atoms with Crippen LogP contribution in [0.4, 0.5) is 0 Å². The van der Waals surface area contributed by atoms with Gasteiger partial charge in [-0.3, -0.25) is 14.4 Å². The summed E-state index contributed by atoms with van der Waals surface area (Å²) < 4.78 is 16.7. The molecule has 6 heteroatoms. The van der Waals surface area contributed by atoms with Gasteiger partial charge in [0.25, 0.3) is 0 Å². The highest BCUT2D eigenvalue weighted by molar-refractivity contribution is 5.72. The molecule has 1 unspecified atom stereocenters. The van der Waals surface area contributed by atoms with Gasteiger partial charge in [-0.1, -0.05) is 239 Å². The second-order valence-corrected chi connectivity index (χ2v) is 18.8. The Kier molecular flexibility index (Phi) is 54.9. The van der Waals surface area contributed by atoms with E-state index in [4.69, 9.17) is 14.2 Å². The van der Waals surface area contributed by atoms with Crippen LogP contribution in [-0.4, -0.2) is 37.2 Å². The lowest BCUT2D eigenvalue weighted by Gasteiger charge is -2.18. The van der Waals surface area contributed by atoms with E-state index < -0.39 is 12.1 Å². The van der Waals surface area contributed by atoms with Crippen molar-refractivity contribution in [3.63, 3.8) is 0 Å². The fourth-order valence-electron chi connectivity index (χ4n) is 7.61. The molecule has 0 aromatic heterocycles. The first-order chi connectivity index (χ1) is 35.0. The minimum Gasteiger partial charge on any atom is -0.462 e. The topological polar surface area (TPSA) is 78.9 Å². The van der Waals surface area contributed by atoms with E-state index in [1.54, 1.807) is 6.08 Å². The Morgan fingerprint density at radius 2 is 0.606 bits per heavy atom. The molecule has 0 spiro atoms. The Labute approximate surface area is 437 Å². The van der Waals surface area contributed by atoms with Crippen LogP contribution in [0.25, 0.3) is 0 Å². The first-order valence-electron chi connectivity index (χ1n) is 29.0. The van der Waals surface area contributed by atoms with E-state index in [-0.39, 0.29) is 31.6 Å². The van der Waals surface area contributed by atoms with Crippen molar-refractivity contribution in [2.75, 3.05) is 13.2 Å². The van der Waals surface area contributed by atoms with Crippen molar-refractivity contribution >= 4 is 17.9 Å². The average Bonchev–Trinajstić information content (AvgIpc) is 3.37. The van der Waals surface area contributed by atoms with Crippen molar-refractivity contribution in [3.05, 3.63) is 122 Å². The molecular formula is C65H106O6. The SMILES string of the molecule is CC/C=C\C/C=C\C/C=C\C/C=C\C/C=C\CC(=O)OCC(COC(=O)CCCCCCCC/C=C\C/C=C\C/C=C\CCCCCCC)OC(=O)CCCCCCCCC/C=C\C/C=C\CCCCC. The molecular weight excluding hydrogens is 877 g/mol. The van der Waals surface area contributed by atoms with E-state index in [9.17, 15) is 14.4 Å². The maximum absolute atomic E-state index is 12.9. The van der Waals surface area contributed by atoms with Gasteiger partial charge >= 0.3 is 17.9 Å². The predicted molar refractivity (Wildman–Crippen MR) is 306 cm³/mol. The molecule has 0 amide bonds. The Hall–Kier alpha value is -4.19. The summed E-state index contributed by atoms with van der Waals surface area (Å²) in [7, 11) is 0. The van der Waals surface area contributed by atoms with Gasteiger partial charge in [0.2, 0.25) is 0 Å². The maximum atomic E-state index is 12.9. The van der Waals surface area contributed by atoms with E-state index in [2.05, 4.69) is 130 Å². The van der Waals surface area contributed by atoms with Crippen LogP contribution < -0.4 is 0 Å². The number of esters is 3. The molecule has 0 fully saturated rings. The van der Waals surface area contributed by atoms with Crippen LogP contribution >= 0.6 is 0 Å². The summed E-state index contributed by atoms with van der Waals surface area (Å²) in [6.45, 7) is 6.38. The van der Waals surface area contributed by atoms with Gasteiger partial charge in [0.15, 0.2) is 6.10 Å². The maximum Gasteiger partial charge on any atom is 0.309 e. The predicted octanol–water partition coefficient (Wildman–Crippen LogP) is 19.6. The zero-order chi connectivity index (χ0) is 51.4. The first kappa shape index (κ1) is 66.8. The van der Waals surface area contributed by atoms with Gasteiger partial charge in [-0.25, -0.2) is 0 Å². The molecule has 0 aliphatic rings. The summed E-state index contributed by atoms with van der Waals surface area (Å²) in [6, 6.07) is 0. The largest absolute Gasteiger partial charge is 0.462 e. The number of hydrogen-bond donors (Lipinski definition) is 0. The Morgan fingerprint density at radius 3 is 1.01 bits per heavy atom. The van der Waals surface area contributed by atoms with Crippen molar-refractivity contribution < 1.29 is 28.6 Å². The van der Waals surface area contributed by atoms with Gasteiger partial charge in [-0.15, -0.1) is 0 Å². The van der Waals surface area contributed by atoms with Gasteiger partial charge in [-0.05, 0) is 116 Å². The molecule has 0 bridgehead atoms. The summed E-state index contributed by atoms with van der Waals surface area (Å²) in [5.74, 6) is -1.08. The zero-order valence-corrected chi connectivity index (χ0v) is 45.9. The fraction of sp³-hybridized carbons (Fsp3) is 0.646. The van der Waals surface area contributed by atoms with Gasteiger partial charge in [0.1, 0.15) is 13.2 Å². The van der Waals surface area contributed by atoms with Crippen molar-refractivity contribution in [3.8, 4) is 0 Å². The molecule has 0 radical (unpaired) electrons. The number of allylic oxidation sites excluding steroid dienone is 19. The molecule has 402 valence electrons. The van der Waals surface area contributed by atoms with Crippen LogP contribution in [0, 0.1) is 0 Å². The second kappa shape index (κ2) is 58.4. The van der Waals surface area contributed by atoms with Crippen molar-refractivity contribution in [2.45, 2.75) is 258 Å². The third-order valence-corrected chi connectivity index (χ3v) is 12.0. The van der Waals surface area contributed by atoms with Gasteiger partial charge in [0, 0.05) is 12.8 Å². The molecule has 1 atom stereocenters. The molecule has 0 aliphatic heterocycles. The second-order valence-electron chi connectivity index (χ2n) is 18.8. The smallest absolute Gasteiger partial charge is 0.309 e. The molecule has 0 aromatic rings. The zero-order valence-electron chi connectivity index (χ0n) is 45.9. The van der Waals surface area contributed by atoms with E-state index in [1.807, 2.05) is 6.08 Å². The van der Waals surface area contributed by atoms with Crippen LogP contribution in [0.2, 0.25) is 0 Å². The number of ether oxygens (including phenoxy) is 3. The highest BCUT2D eigenvalue weighted by Gasteiger charge is 2.19. The molecule has 0 N–H and O–H groups in total. The third-order valence-electron chi connectivity index (χ3n) is 12.0.